The molecule has 4 heteroatoms. The fourth-order valence-corrected chi connectivity index (χ4v) is 2.59. The molecule has 0 spiro atoms. The summed E-state index contributed by atoms with van der Waals surface area (Å²) in [7, 11) is 1.56. The Balaban J connectivity index is 2.43. The second kappa shape index (κ2) is 4.41. The average Bonchev–Trinajstić information content (AvgIpc) is 2.71. The molecule has 0 bridgehead atoms. The third-order valence-electron chi connectivity index (χ3n) is 2.76. The third kappa shape index (κ3) is 1.96. The van der Waals surface area contributed by atoms with Gasteiger partial charge in [-0.05, 0) is 31.5 Å². The first-order valence-electron chi connectivity index (χ1n) is 5.02. The highest BCUT2D eigenvalue weighted by atomic mass is 79.9. The van der Waals surface area contributed by atoms with E-state index in [0.29, 0.717) is 5.75 Å². The number of aromatic hydroxyl groups is 1. The van der Waals surface area contributed by atoms with Gasteiger partial charge in [0.1, 0.15) is 0 Å². The Labute approximate surface area is 97.6 Å². The molecule has 0 amide bonds. The maximum Gasteiger partial charge on any atom is 0.163 e. The molecule has 15 heavy (non-hydrogen) atoms. The van der Waals surface area contributed by atoms with Crippen LogP contribution in [0.4, 0.5) is 0 Å². The van der Waals surface area contributed by atoms with Crippen molar-refractivity contribution in [2.24, 2.45) is 0 Å². The van der Waals surface area contributed by atoms with E-state index >= 15 is 0 Å². The summed E-state index contributed by atoms with van der Waals surface area (Å²) < 4.78 is 6.03. The predicted molar refractivity (Wildman–Crippen MR) is 62.3 cm³/mol. The SMILES string of the molecule is COc1ccc(Br)c([C@H]2CCCN2)c1O. The van der Waals surface area contributed by atoms with E-state index in [-0.39, 0.29) is 11.8 Å². The maximum absolute atomic E-state index is 10.0. The van der Waals surface area contributed by atoms with Gasteiger partial charge in [0.25, 0.3) is 0 Å². The van der Waals surface area contributed by atoms with Crippen LogP contribution in [-0.2, 0) is 0 Å². The quantitative estimate of drug-likeness (QED) is 0.869. The van der Waals surface area contributed by atoms with Gasteiger partial charge >= 0.3 is 0 Å². The van der Waals surface area contributed by atoms with Crippen molar-refractivity contribution in [3.8, 4) is 11.5 Å². The van der Waals surface area contributed by atoms with Crippen molar-refractivity contribution in [3.05, 3.63) is 22.2 Å². The van der Waals surface area contributed by atoms with Gasteiger partial charge in [0.05, 0.1) is 7.11 Å². The summed E-state index contributed by atoms with van der Waals surface area (Å²) in [6.07, 6.45) is 2.20. The van der Waals surface area contributed by atoms with Crippen LogP contribution in [0.15, 0.2) is 16.6 Å². The van der Waals surface area contributed by atoms with Gasteiger partial charge in [-0.15, -0.1) is 0 Å². The van der Waals surface area contributed by atoms with E-state index in [9.17, 15) is 5.11 Å². The van der Waals surface area contributed by atoms with Crippen LogP contribution >= 0.6 is 15.9 Å². The first kappa shape index (κ1) is 10.8. The number of hydrogen-bond acceptors (Lipinski definition) is 3. The van der Waals surface area contributed by atoms with Crippen LogP contribution in [0.25, 0.3) is 0 Å². The van der Waals surface area contributed by atoms with Crippen molar-refractivity contribution in [1.82, 2.24) is 5.32 Å². The highest BCUT2D eigenvalue weighted by molar-refractivity contribution is 9.10. The summed E-state index contributed by atoms with van der Waals surface area (Å²) in [5.41, 5.74) is 0.909. The van der Waals surface area contributed by atoms with Crippen molar-refractivity contribution >= 4 is 15.9 Å². The van der Waals surface area contributed by atoms with Gasteiger partial charge in [-0.1, -0.05) is 15.9 Å². The second-order valence-electron chi connectivity index (χ2n) is 3.66. The Morgan fingerprint density at radius 3 is 2.93 bits per heavy atom. The fraction of sp³-hybridized carbons (Fsp3) is 0.455. The lowest BCUT2D eigenvalue weighted by molar-refractivity contribution is 0.367. The number of phenolic OH excluding ortho intramolecular Hbond substituents is 1. The van der Waals surface area contributed by atoms with Gasteiger partial charge in [-0.3, -0.25) is 0 Å². The molecule has 1 atom stereocenters. The zero-order chi connectivity index (χ0) is 10.8. The molecule has 2 N–H and O–H groups in total. The van der Waals surface area contributed by atoms with Crippen molar-refractivity contribution < 1.29 is 9.84 Å². The molecule has 0 saturated carbocycles. The van der Waals surface area contributed by atoms with Crippen LogP contribution in [-0.4, -0.2) is 18.8 Å². The smallest absolute Gasteiger partial charge is 0.163 e. The average molecular weight is 272 g/mol. The van der Waals surface area contributed by atoms with Crippen LogP contribution in [0.1, 0.15) is 24.4 Å². The lowest BCUT2D eigenvalue weighted by Gasteiger charge is -2.16. The van der Waals surface area contributed by atoms with E-state index in [0.717, 1.165) is 29.4 Å². The molecular weight excluding hydrogens is 258 g/mol. The number of methoxy groups -OCH3 is 1. The summed E-state index contributed by atoms with van der Waals surface area (Å²) in [5.74, 6) is 0.771. The van der Waals surface area contributed by atoms with Crippen LogP contribution in [0.5, 0.6) is 11.5 Å². The molecule has 82 valence electrons. The van der Waals surface area contributed by atoms with E-state index in [1.807, 2.05) is 6.07 Å². The van der Waals surface area contributed by atoms with E-state index < -0.39 is 0 Å². The van der Waals surface area contributed by atoms with Crippen molar-refractivity contribution in [1.29, 1.82) is 0 Å². The van der Waals surface area contributed by atoms with Crippen molar-refractivity contribution in [2.75, 3.05) is 13.7 Å². The Hall–Kier alpha value is -0.740. The second-order valence-corrected chi connectivity index (χ2v) is 4.52. The largest absolute Gasteiger partial charge is 0.504 e. The van der Waals surface area contributed by atoms with E-state index in [2.05, 4.69) is 21.2 Å². The molecule has 1 aromatic rings. The van der Waals surface area contributed by atoms with Gasteiger partial charge in [0.15, 0.2) is 11.5 Å². The molecular formula is C11H14BrNO2. The van der Waals surface area contributed by atoms with Gasteiger partial charge in [0.2, 0.25) is 0 Å². The summed E-state index contributed by atoms with van der Waals surface area (Å²) in [6, 6.07) is 3.90. The highest BCUT2D eigenvalue weighted by Gasteiger charge is 2.23. The van der Waals surface area contributed by atoms with Crippen LogP contribution in [0.2, 0.25) is 0 Å². The lowest BCUT2D eigenvalue weighted by atomic mass is 10.0. The topological polar surface area (TPSA) is 41.5 Å². The molecule has 0 unspecified atom stereocenters. The molecule has 0 radical (unpaired) electrons. The number of hydrogen-bond donors (Lipinski definition) is 2. The lowest BCUT2D eigenvalue weighted by Crippen LogP contribution is -2.13. The molecule has 0 aliphatic carbocycles. The fourth-order valence-electron chi connectivity index (χ4n) is 1.99. The van der Waals surface area contributed by atoms with Gasteiger partial charge < -0.3 is 15.2 Å². The van der Waals surface area contributed by atoms with Crippen LogP contribution < -0.4 is 10.1 Å². The molecule has 1 aromatic carbocycles. The zero-order valence-corrected chi connectivity index (χ0v) is 10.2. The van der Waals surface area contributed by atoms with Crippen LogP contribution in [0, 0.1) is 0 Å². The Bertz CT molecular complexity index is 362. The molecule has 3 nitrogen and oxygen atoms in total. The van der Waals surface area contributed by atoms with E-state index in [1.54, 1.807) is 13.2 Å². The third-order valence-corrected chi connectivity index (χ3v) is 3.45. The highest BCUT2D eigenvalue weighted by Crippen LogP contribution is 2.41. The molecule has 1 fully saturated rings. The number of nitrogens with one attached hydrogen (secondary N) is 1. The Kier molecular flexibility index (Phi) is 3.17. The summed E-state index contributed by atoms with van der Waals surface area (Å²) >= 11 is 3.46. The summed E-state index contributed by atoms with van der Waals surface area (Å²) in [5, 5.41) is 13.4. The van der Waals surface area contributed by atoms with Gasteiger partial charge in [-0.2, -0.15) is 0 Å². The minimum Gasteiger partial charge on any atom is -0.504 e. The monoisotopic (exact) mass is 271 g/mol. The zero-order valence-electron chi connectivity index (χ0n) is 8.59. The normalized spacial score (nSPS) is 20.5. The van der Waals surface area contributed by atoms with Crippen molar-refractivity contribution in [3.63, 3.8) is 0 Å². The predicted octanol–water partition coefficient (Wildman–Crippen LogP) is 2.59. The van der Waals surface area contributed by atoms with E-state index in [4.69, 9.17) is 4.74 Å². The van der Waals surface area contributed by atoms with Gasteiger partial charge in [0, 0.05) is 16.1 Å². The van der Waals surface area contributed by atoms with Gasteiger partial charge in [-0.25, -0.2) is 0 Å². The molecule has 2 rings (SSSR count). The Morgan fingerprint density at radius 1 is 1.53 bits per heavy atom. The number of ether oxygens (including phenoxy) is 1. The molecule has 1 saturated heterocycles. The maximum atomic E-state index is 10.0. The minimum absolute atomic E-state index is 0.231. The van der Waals surface area contributed by atoms with Crippen LogP contribution in [0.3, 0.4) is 0 Å². The number of rotatable bonds is 2. The number of halogens is 1. The molecule has 1 heterocycles. The van der Waals surface area contributed by atoms with E-state index in [1.165, 1.54) is 0 Å². The summed E-state index contributed by atoms with van der Waals surface area (Å²) in [6.45, 7) is 1.01. The number of benzene rings is 1. The summed E-state index contributed by atoms with van der Waals surface area (Å²) in [4.78, 5) is 0. The Morgan fingerprint density at radius 2 is 2.33 bits per heavy atom. The molecule has 0 aromatic heterocycles. The first-order valence-corrected chi connectivity index (χ1v) is 5.82. The standard InChI is InChI=1S/C11H14BrNO2/c1-15-9-5-4-7(12)10(11(9)14)8-3-2-6-13-8/h4-5,8,13-14H,2-3,6H2,1H3/t8-/m1/s1. The van der Waals surface area contributed by atoms with Crippen molar-refractivity contribution in [2.45, 2.75) is 18.9 Å². The minimum atomic E-state index is 0.231. The number of phenols is 1. The first-order chi connectivity index (χ1) is 7.24. The molecule has 1 aliphatic rings. The molecule has 1 aliphatic heterocycles.